The fourth-order valence-corrected chi connectivity index (χ4v) is 2.01. The van der Waals surface area contributed by atoms with Crippen molar-refractivity contribution in [3.8, 4) is 5.75 Å². The topological polar surface area (TPSA) is 35.2 Å². The molecule has 0 radical (unpaired) electrons. The molecule has 2 N–H and O–H groups in total. The van der Waals surface area contributed by atoms with Gasteiger partial charge in [0.05, 0.1) is 7.11 Å². The summed E-state index contributed by atoms with van der Waals surface area (Å²) >= 11 is 0. The van der Waals surface area contributed by atoms with Gasteiger partial charge in [-0.3, -0.25) is 0 Å². The fourth-order valence-electron chi connectivity index (χ4n) is 2.01. The zero-order valence-electron chi connectivity index (χ0n) is 10.3. The number of hydrogen-bond acceptors (Lipinski definition) is 2. The summed E-state index contributed by atoms with van der Waals surface area (Å²) < 4.78 is 5.38. The number of ether oxygens (including phenoxy) is 1. The second-order valence-electron chi connectivity index (χ2n) is 4.08. The van der Waals surface area contributed by atoms with Gasteiger partial charge in [0, 0.05) is 6.04 Å². The Morgan fingerprint density at radius 3 is 2.33 bits per heavy atom. The molecule has 1 aromatic rings. The highest BCUT2D eigenvalue weighted by Gasteiger charge is 2.13. The molecule has 2 nitrogen and oxygen atoms in total. The third-order valence-electron chi connectivity index (χ3n) is 3.11. The van der Waals surface area contributed by atoms with E-state index >= 15 is 0 Å². The molecule has 0 aromatic heterocycles. The molecule has 0 spiro atoms. The van der Waals surface area contributed by atoms with Crippen molar-refractivity contribution in [1.82, 2.24) is 0 Å². The third kappa shape index (κ3) is 2.15. The standard InChI is InChI=1S/C13H21NO/c1-6-12(14)11-7-8(2)13(15-5)10(4)9(11)3/h7,12H,6,14H2,1-5H3. The van der Waals surface area contributed by atoms with Crippen molar-refractivity contribution < 1.29 is 4.74 Å². The predicted molar refractivity (Wildman–Crippen MR) is 64.4 cm³/mol. The third-order valence-corrected chi connectivity index (χ3v) is 3.11. The monoisotopic (exact) mass is 207 g/mol. The van der Waals surface area contributed by atoms with E-state index in [4.69, 9.17) is 10.5 Å². The van der Waals surface area contributed by atoms with Crippen LogP contribution in [0.25, 0.3) is 0 Å². The molecule has 0 bridgehead atoms. The van der Waals surface area contributed by atoms with Gasteiger partial charge in [-0.25, -0.2) is 0 Å². The van der Waals surface area contributed by atoms with Gasteiger partial charge in [0.2, 0.25) is 0 Å². The average Bonchev–Trinajstić information content (AvgIpc) is 2.23. The molecule has 84 valence electrons. The number of nitrogens with two attached hydrogens (primary N) is 1. The van der Waals surface area contributed by atoms with Crippen LogP contribution in [-0.2, 0) is 0 Å². The summed E-state index contributed by atoms with van der Waals surface area (Å²) in [5.41, 5.74) is 11.0. The second-order valence-corrected chi connectivity index (χ2v) is 4.08. The first kappa shape index (κ1) is 12.1. The van der Waals surface area contributed by atoms with E-state index < -0.39 is 0 Å². The maximum absolute atomic E-state index is 6.08. The Kier molecular flexibility index (Phi) is 3.75. The maximum atomic E-state index is 6.08. The molecule has 2 heteroatoms. The van der Waals surface area contributed by atoms with Crippen molar-refractivity contribution in [2.45, 2.75) is 40.2 Å². The first-order chi connectivity index (χ1) is 7.02. The maximum Gasteiger partial charge on any atom is 0.124 e. The summed E-state index contributed by atoms with van der Waals surface area (Å²) in [6.45, 7) is 8.38. The van der Waals surface area contributed by atoms with Crippen molar-refractivity contribution >= 4 is 0 Å². The molecule has 0 saturated carbocycles. The summed E-state index contributed by atoms with van der Waals surface area (Å²) in [5.74, 6) is 0.986. The first-order valence-electron chi connectivity index (χ1n) is 5.43. The van der Waals surface area contributed by atoms with Crippen molar-refractivity contribution in [3.05, 3.63) is 28.3 Å². The van der Waals surface area contributed by atoms with Crippen molar-refractivity contribution in [2.75, 3.05) is 7.11 Å². The molecular formula is C13H21NO. The molecule has 1 rings (SSSR count). The van der Waals surface area contributed by atoms with Crippen LogP contribution in [0.1, 0.15) is 41.6 Å². The van der Waals surface area contributed by atoms with E-state index in [1.807, 2.05) is 0 Å². The van der Waals surface area contributed by atoms with Crippen LogP contribution in [0, 0.1) is 20.8 Å². The highest BCUT2D eigenvalue weighted by atomic mass is 16.5. The first-order valence-corrected chi connectivity index (χ1v) is 5.43. The molecule has 1 aromatic carbocycles. The lowest BCUT2D eigenvalue weighted by atomic mass is 9.93. The number of rotatable bonds is 3. The fraction of sp³-hybridized carbons (Fsp3) is 0.538. The van der Waals surface area contributed by atoms with Crippen LogP contribution in [0.2, 0.25) is 0 Å². The SMILES string of the molecule is CCC(N)c1cc(C)c(OC)c(C)c1C. The lowest BCUT2D eigenvalue weighted by molar-refractivity contribution is 0.407. The molecule has 0 aliphatic heterocycles. The Balaban J connectivity index is 3.33. The van der Waals surface area contributed by atoms with Gasteiger partial charge in [0.25, 0.3) is 0 Å². The van der Waals surface area contributed by atoms with Gasteiger partial charge in [-0.15, -0.1) is 0 Å². The van der Waals surface area contributed by atoms with E-state index in [2.05, 4.69) is 33.8 Å². The Labute approximate surface area is 92.4 Å². The summed E-state index contributed by atoms with van der Waals surface area (Å²) in [5, 5.41) is 0. The van der Waals surface area contributed by atoms with E-state index in [0.29, 0.717) is 0 Å². The Morgan fingerprint density at radius 2 is 1.87 bits per heavy atom. The smallest absolute Gasteiger partial charge is 0.124 e. The Bertz CT molecular complexity index is 358. The molecule has 1 atom stereocenters. The highest BCUT2D eigenvalue weighted by Crippen LogP contribution is 2.31. The van der Waals surface area contributed by atoms with E-state index in [9.17, 15) is 0 Å². The quantitative estimate of drug-likeness (QED) is 0.826. The molecule has 0 amide bonds. The zero-order chi connectivity index (χ0) is 11.6. The largest absolute Gasteiger partial charge is 0.496 e. The van der Waals surface area contributed by atoms with Gasteiger partial charge in [-0.2, -0.15) is 0 Å². The van der Waals surface area contributed by atoms with Gasteiger partial charge in [-0.1, -0.05) is 13.0 Å². The molecule has 15 heavy (non-hydrogen) atoms. The minimum absolute atomic E-state index is 0.133. The summed E-state index contributed by atoms with van der Waals surface area (Å²) in [6, 6.07) is 2.28. The second kappa shape index (κ2) is 4.67. The molecule has 0 aliphatic rings. The number of hydrogen-bond donors (Lipinski definition) is 1. The molecular weight excluding hydrogens is 186 g/mol. The van der Waals surface area contributed by atoms with E-state index in [1.165, 1.54) is 22.3 Å². The van der Waals surface area contributed by atoms with Crippen molar-refractivity contribution in [3.63, 3.8) is 0 Å². The summed E-state index contributed by atoms with van der Waals surface area (Å²) in [4.78, 5) is 0. The Hall–Kier alpha value is -1.02. The predicted octanol–water partition coefficient (Wildman–Crippen LogP) is 3.03. The lowest BCUT2D eigenvalue weighted by Gasteiger charge is -2.19. The summed E-state index contributed by atoms with van der Waals surface area (Å²) in [7, 11) is 1.72. The van der Waals surface area contributed by atoms with Crippen molar-refractivity contribution in [2.24, 2.45) is 5.73 Å². The molecule has 0 saturated heterocycles. The minimum atomic E-state index is 0.133. The van der Waals surface area contributed by atoms with Gasteiger partial charge >= 0.3 is 0 Å². The normalized spacial score (nSPS) is 12.7. The van der Waals surface area contributed by atoms with Gasteiger partial charge in [-0.05, 0) is 49.4 Å². The van der Waals surface area contributed by atoms with Gasteiger partial charge < -0.3 is 10.5 Å². The van der Waals surface area contributed by atoms with Crippen LogP contribution >= 0.6 is 0 Å². The minimum Gasteiger partial charge on any atom is -0.496 e. The van der Waals surface area contributed by atoms with Crippen LogP contribution < -0.4 is 10.5 Å². The molecule has 0 fully saturated rings. The van der Waals surface area contributed by atoms with Crippen LogP contribution in [0.5, 0.6) is 5.75 Å². The van der Waals surface area contributed by atoms with Crippen LogP contribution in [0.4, 0.5) is 0 Å². The summed E-state index contributed by atoms with van der Waals surface area (Å²) in [6.07, 6.45) is 0.964. The van der Waals surface area contributed by atoms with Crippen LogP contribution in [0.3, 0.4) is 0 Å². The van der Waals surface area contributed by atoms with Gasteiger partial charge in [0.15, 0.2) is 0 Å². The van der Waals surface area contributed by atoms with E-state index in [1.54, 1.807) is 7.11 Å². The van der Waals surface area contributed by atoms with Crippen LogP contribution in [0.15, 0.2) is 6.07 Å². The number of benzene rings is 1. The van der Waals surface area contributed by atoms with Gasteiger partial charge in [0.1, 0.15) is 5.75 Å². The Morgan fingerprint density at radius 1 is 1.27 bits per heavy atom. The zero-order valence-corrected chi connectivity index (χ0v) is 10.3. The molecule has 1 unspecified atom stereocenters. The van der Waals surface area contributed by atoms with E-state index in [0.717, 1.165) is 12.2 Å². The lowest BCUT2D eigenvalue weighted by Crippen LogP contribution is -2.12. The van der Waals surface area contributed by atoms with E-state index in [-0.39, 0.29) is 6.04 Å². The van der Waals surface area contributed by atoms with Crippen molar-refractivity contribution in [1.29, 1.82) is 0 Å². The number of aryl methyl sites for hydroxylation is 1. The number of methoxy groups -OCH3 is 1. The molecule has 0 aliphatic carbocycles. The molecule has 0 heterocycles. The average molecular weight is 207 g/mol. The highest BCUT2D eigenvalue weighted by molar-refractivity contribution is 5.49. The van der Waals surface area contributed by atoms with Crippen LogP contribution in [-0.4, -0.2) is 7.11 Å².